The van der Waals surface area contributed by atoms with Crippen LogP contribution in [0.5, 0.6) is 0 Å². The number of benzene rings is 1. The molecule has 0 fully saturated rings. The quantitative estimate of drug-likeness (QED) is 0.596. The van der Waals surface area contributed by atoms with E-state index in [-0.39, 0.29) is 23.8 Å². The molecular weight excluding hydrogens is 219 g/mol. The number of carbonyl (C=O) groups is 2. The molecule has 0 spiro atoms. The molecule has 1 aromatic carbocycles. The molecule has 0 bridgehead atoms. The Bertz CT molecular complexity index is 456. The molecule has 0 radical (unpaired) electrons. The van der Waals surface area contributed by atoms with Crippen LogP contribution in [0, 0.1) is 18.2 Å². The third-order valence-electron chi connectivity index (χ3n) is 2.64. The van der Waals surface area contributed by atoms with Gasteiger partial charge < -0.3 is 0 Å². The molecular formula is C14H17FO2. The summed E-state index contributed by atoms with van der Waals surface area (Å²) in [5, 5.41) is 0. The highest BCUT2D eigenvalue weighted by molar-refractivity contribution is 6.09. The molecule has 0 aromatic heterocycles. The van der Waals surface area contributed by atoms with Crippen molar-refractivity contribution in [3.05, 3.63) is 35.1 Å². The average molecular weight is 236 g/mol. The fraction of sp³-hybridized carbons (Fsp3) is 0.429. The Balaban J connectivity index is 2.84. The normalized spacial score (nSPS) is 11.4. The van der Waals surface area contributed by atoms with Crippen LogP contribution in [0.4, 0.5) is 4.39 Å². The van der Waals surface area contributed by atoms with E-state index in [0.29, 0.717) is 11.1 Å². The first-order valence-electron chi connectivity index (χ1n) is 5.54. The molecule has 1 aromatic rings. The number of Topliss-reactive ketones (excluding diaryl/α,β-unsaturated/α-hetero) is 2. The second-order valence-electron chi connectivity index (χ2n) is 5.24. The molecule has 3 heteroatoms. The third-order valence-corrected chi connectivity index (χ3v) is 2.64. The van der Waals surface area contributed by atoms with E-state index in [1.54, 1.807) is 27.7 Å². The molecule has 0 N–H and O–H groups in total. The summed E-state index contributed by atoms with van der Waals surface area (Å²) in [4.78, 5) is 23.5. The zero-order valence-electron chi connectivity index (χ0n) is 10.6. The van der Waals surface area contributed by atoms with Gasteiger partial charge in [0.2, 0.25) is 0 Å². The van der Waals surface area contributed by atoms with Gasteiger partial charge in [-0.05, 0) is 30.7 Å². The van der Waals surface area contributed by atoms with Gasteiger partial charge in [0.05, 0.1) is 6.42 Å². The summed E-state index contributed by atoms with van der Waals surface area (Å²) in [6.07, 6.45) is -0.130. The number of halogens is 1. The highest BCUT2D eigenvalue weighted by Gasteiger charge is 2.24. The van der Waals surface area contributed by atoms with Crippen molar-refractivity contribution in [2.75, 3.05) is 0 Å². The van der Waals surface area contributed by atoms with Gasteiger partial charge in [-0.3, -0.25) is 9.59 Å². The Labute approximate surface area is 101 Å². The first kappa shape index (κ1) is 13.6. The molecule has 2 nitrogen and oxygen atoms in total. The van der Waals surface area contributed by atoms with Crippen LogP contribution in [0.1, 0.15) is 43.1 Å². The van der Waals surface area contributed by atoms with E-state index in [9.17, 15) is 14.0 Å². The van der Waals surface area contributed by atoms with Crippen molar-refractivity contribution in [1.82, 2.24) is 0 Å². The van der Waals surface area contributed by atoms with Crippen LogP contribution in [-0.2, 0) is 4.79 Å². The molecule has 0 atom stereocenters. The summed E-state index contributed by atoms with van der Waals surface area (Å²) in [6.45, 7) is 6.92. The van der Waals surface area contributed by atoms with Gasteiger partial charge >= 0.3 is 0 Å². The lowest BCUT2D eigenvalue weighted by molar-refractivity contribution is -0.125. The molecule has 0 aliphatic rings. The van der Waals surface area contributed by atoms with Gasteiger partial charge in [0.15, 0.2) is 5.78 Å². The average Bonchev–Trinajstić information content (AvgIpc) is 2.20. The minimum absolute atomic E-state index is 0.107. The van der Waals surface area contributed by atoms with Gasteiger partial charge in [-0.1, -0.05) is 20.8 Å². The highest BCUT2D eigenvalue weighted by Crippen LogP contribution is 2.19. The number of ketones is 2. The van der Waals surface area contributed by atoms with Crippen molar-refractivity contribution in [1.29, 1.82) is 0 Å². The van der Waals surface area contributed by atoms with E-state index in [1.807, 2.05) is 0 Å². The fourth-order valence-corrected chi connectivity index (χ4v) is 1.33. The van der Waals surface area contributed by atoms with Gasteiger partial charge in [-0.15, -0.1) is 0 Å². The number of aryl methyl sites for hydroxylation is 1. The summed E-state index contributed by atoms with van der Waals surface area (Å²) in [5.74, 6) is -0.707. The molecule has 0 aliphatic heterocycles. The smallest absolute Gasteiger partial charge is 0.170 e. The zero-order chi connectivity index (χ0) is 13.2. The summed E-state index contributed by atoms with van der Waals surface area (Å²) < 4.78 is 13.0. The minimum atomic E-state index is -0.523. The maximum atomic E-state index is 13.0. The summed E-state index contributed by atoms with van der Waals surface area (Å²) >= 11 is 0. The molecule has 0 unspecified atom stereocenters. The van der Waals surface area contributed by atoms with E-state index in [4.69, 9.17) is 0 Å². The Morgan fingerprint density at radius 2 is 1.82 bits per heavy atom. The Morgan fingerprint density at radius 1 is 1.24 bits per heavy atom. The van der Waals surface area contributed by atoms with Crippen molar-refractivity contribution in [3.63, 3.8) is 0 Å². The van der Waals surface area contributed by atoms with E-state index in [2.05, 4.69) is 0 Å². The predicted molar refractivity (Wildman–Crippen MR) is 64.5 cm³/mol. The van der Waals surface area contributed by atoms with Crippen molar-refractivity contribution < 1.29 is 14.0 Å². The van der Waals surface area contributed by atoms with Gasteiger partial charge in [-0.25, -0.2) is 4.39 Å². The number of carbonyl (C=O) groups excluding carboxylic acids is 2. The van der Waals surface area contributed by atoms with E-state index in [0.717, 1.165) is 0 Å². The topological polar surface area (TPSA) is 34.1 Å². The van der Waals surface area contributed by atoms with Gasteiger partial charge in [0.25, 0.3) is 0 Å². The standard InChI is InChI=1S/C14H17FO2/c1-9-7-10(5-6-11(9)15)12(16)8-13(17)14(2,3)4/h5-7H,8H2,1-4H3. The SMILES string of the molecule is Cc1cc(C(=O)CC(=O)C(C)(C)C)ccc1F. The first-order valence-corrected chi connectivity index (χ1v) is 5.54. The Hall–Kier alpha value is -1.51. The molecule has 1 rings (SSSR count). The lowest BCUT2D eigenvalue weighted by Gasteiger charge is -2.15. The van der Waals surface area contributed by atoms with Crippen LogP contribution in [-0.4, -0.2) is 11.6 Å². The molecule has 0 saturated heterocycles. The largest absolute Gasteiger partial charge is 0.299 e. The minimum Gasteiger partial charge on any atom is -0.299 e. The van der Waals surface area contributed by atoms with E-state index < -0.39 is 5.41 Å². The Morgan fingerprint density at radius 3 is 2.29 bits per heavy atom. The monoisotopic (exact) mass is 236 g/mol. The van der Waals surface area contributed by atoms with Gasteiger partial charge in [0.1, 0.15) is 11.6 Å². The summed E-state index contributed by atoms with van der Waals surface area (Å²) in [5.41, 5.74) is 0.283. The molecule has 0 heterocycles. The van der Waals surface area contributed by atoms with Crippen molar-refractivity contribution in [2.45, 2.75) is 34.1 Å². The second-order valence-corrected chi connectivity index (χ2v) is 5.24. The van der Waals surface area contributed by atoms with Crippen molar-refractivity contribution in [2.24, 2.45) is 5.41 Å². The maximum Gasteiger partial charge on any atom is 0.170 e. The summed E-state index contributed by atoms with van der Waals surface area (Å²) in [7, 11) is 0. The maximum absolute atomic E-state index is 13.0. The van der Waals surface area contributed by atoms with Crippen LogP contribution in [0.25, 0.3) is 0 Å². The fourth-order valence-electron chi connectivity index (χ4n) is 1.33. The van der Waals surface area contributed by atoms with Crippen LogP contribution in [0.2, 0.25) is 0 Å². The summed E-state index contributed by atoms with van der Waals surface area (Å²) in [6, 6.07) is 4.15. The Kier molecular flexibility index (Phi) is 3.81. The van der Waals surface area contributed by atoms with Crippen LogP contribution in [0.3, 0.4) is 0 Å². The first-order chi connectivity index (χ1) is 7.71. The van der Waals surface area contributed by atoms with Crippen molar-refractivity contribution in [3.8, 4) is 0 Å². The lowest BCUT2D eigenvalue weighted by atomic mass is 9.87. The molecule has 17 heavy (non-hydrogen) atoms. The van der Waals surface area contributed by atoms with E-state index >= 15 is 0 Å². The predicted octanol–water partition coefficient (Wildman–Crippen LogP) is 3.32. The second kappa shape index (κ2) is 4.78. The van der Waals surface area contributed by atoms with Gasteiger partial charge in [-0.2, -0.15) is 0 Å². The number of rotatable bonds is 3. The van der Waals surface area contributed by atoms with Crippen LogP contribution >= 0.6 is 0 Å². The highest BCUT2D eigenvalue weighted by atomic mass is 19.1. The van der Waals surface area contributed by atoms with Gasteiger partial charge in [0, 0.05) is 11.0 Å². The molecule has 92 valence electrons. The number of hydrogen-bond donors (Lipinski definition) is 0. The number of hydrogen-bond acceptors (Lipinski definition) is 2. The third kappa shape index (κ3) is 3.48. The molecule has 0 amide bonds. The van der Waals surface area contributed by atoms with Crippen LogP contribution < -0.4 is 0 Å². The van der Waals surface area contributed by atoms with E-state index in [1.165, 1.54) is 18.2 Å². The molecule has 0 saturated carbocycles. The van der Waals surface area contributed by atoms with Crippen molar-refractivity contribution >= 4 is 11.6 Å². The lowest BCUT2D eigenvalue weighted by Crippen LogP contribution is -2.23. The van der Waals surface area contributed by atoms with Crippen LogP contribution in [0.15, 0.2) is 18.2 Å². The molecule has 0 aliphatic carbocycles. The zero-order valence-corrected chi connectivity index (χ0v) is 10.6.